The maximum atomic E-state index is 11.2. The van der Waals surface area contributed by atoms with Gasteiger partial charge in [0.25, 0.3) is 0 Å². The summed E-state index contributed by atoms with van der Waals surface area (Å²) < 4.78 is 0. The largest absolute Gasteiger partial charge is 0.481 e. The molecule has 0 saturated carbocycles. The minimum Gasteiger partial charge on any atom is -0.481 e. The zero-order valence-electron chi connectivity index (χ0n) is 11.2. The van der Waals surface area contributed by atoms with Gasteiger partial charge in [0, 0.05) is 20.0 Å². The fourth-order valence-electron chi connectivity index (χ4n) is 2.60. The Hall–Kier alpha value is -0.770. The molecular formula is C13H24ClNO3. The predicted octanol–water partition coefficient (Wildman–Crippen LogP) is 2.56. The Morgan fingerprint density at radius 1 is 1.33 bits per heavy atom. The zero-order valence-corrected chi connectivity index (χ0v) is 12.0. The van der Waals surface area contributed by atoms with Gasteiger partial charge in [-0.25, -0.2) is 0 Å². The first-order valence-electron chi connectivity index (χ1n) is 6.54. The molecule has 0 radical (unpaired) electrons. The monoisotopic (exact) mass is 277 g/mol. The summed E-state index contributed by atoms with van der Waals surface area (Å²) in [6, 6.07) is 0. The lowest BCUT2D eigenvalue weighted by Gasteiger charge is -2.34. The summed E-state index contributed by atoms with van der Waals surface area (Å²) in [5.74, 6) is -0.540. The third-order valence-corrected chi connectivity index (χ3v) is 3.74. The highest BCUT2D eigenvalue weighted by Crippen LogP contribution is 2.29. The van der Waals surface area contributed by atoms with Crippen molar-refractivity contribution in [2.45, 2.75) is 46.0 Å². The Balaban J connectivity index is 0.00000289. The molecule has 5 heteroatoms. The number of amides is 1. The van der Waals surface area contributed by atoms with Gasteiger partial charge in [-0.2, -0.15) is 0 Å². The van der Waals surface area contributed by atoms with E-state index in [1.165, 1.54) is 0 Å². The number of halogens is 1. The van der Waals surface area contributed by atoms with Crippen LogP contribution in [0.5, 0.6) is 0 Å². The molecule has 0 aliphatic carbocycles. The van der Waals surface area contributed by atoms with Crippen LogP contribution in [-0.4, -0.2) is 35.0 Å². The Kier molecular flexibility index (Phi) is 8.00. The molecule has 1 fully saturated rings. The molecule has 1 rings (SSSR count). The summed E-state index contributed by atoms with van der Waals surface area (Å²) in [4.78, 5) is 24.2. The first kappa shape index (κ1) is 17.2. The molecule has 1 unspecified atom stereocenters. The van der Waals surface area contributed by atoms with Crippen molar-refractivity contribution in [2.24, 2.45) is 11.8 Å². The molecule has 0 aromatic carbocycles. The fraction of sp³-hybridized carbons (Fsp3) is 0.846. The lowest BCUT2D eigenvalue weighted by molar-refractivity contribution is -0.145. The second-order valence-electron chi connectivity index (χ2n) is 4.93. The summed E-state index contributed by atoms with van der Waals surface area (Å²) in [6.45, 7) is 5.09. The van der Waals surface area contributed by atoms with Crippen LogP contribution in [0.25, 0.3) is 0 Å². The van der Waals surface area contributed by atoms with Gasteiger partial charge in [-0.05, 0) is 25.2 Å². The second-order valence-corrected chi connectivity index (χ2v) is 4.93. The summed E-state index contributed by atoms with van der Waals surface area (Å²) in [7, 11) is 0. The number of nitrogens with zero attached hydrogens (tertiary/aromatic N) is 1. The maximum absolute atomic E-state index is 11.2. The van der Waals surface area contributed by atoms with E-state index < -0.39 is 5.97 Å². The van der Waals surface area contributed by atoms with Crippen LogP contribution in [0.1, 0.15) is 46.0 Å². The van der Waals surface area contributed by atoms with Crippen molar-refractivity contribution < 1.29 is 14.7 Å². The average Bonchev–Trinajstić information content (AvgIpc) is 2.29. The molecule has 0 aromatic heterocycles. The standard InChI is InChI=1S/C13H23NO3.ClH/c1-3-4-5-12(13(16)17)11-6-8-14(9-7-11)10(2)15;/h11-12H,3-9H2,1-2H3,(H,16,17);1H. The van der Waals surface area contributed by atoms with Crippen molar-refractivity contribution >= 4 is 24.3 Å². The van der Waals surface area contributed by atoms with E-state index >= 15 is 0 Å². The van der Waals surface area contributed by atoms with E-state index in [9.17, 15) is 14.7 Å². The van der Waals surface area contributed by atoms with Crippen LogP contribution in [0.2, 0.25) is 0 Å². The number of carbonyl (C=O) groups is 2. The van der Waals surface area contributed by atoms with E-state index in [1.54, 1.807) is 6.92 Å². The Bertz CT molecular complexity index is 275. The van der Waals surface area contributed by atoms with Crippen molar-refractivity contribution in [3.8, 4) is 0 Å². The Labute approximate surface area is 115 Å². The molecule has 1 atom stereocenters. The molecular weight excluding hydrogens is 254 g/mol. The van der Waals surface area contributed by atoms with Crippen LogP contribution in [-0.2, 0) is 9.59 Å². The molecule has 1 saturated heterocycles. The van der Waals surface area contributed by atoms with Crippen molar-refractivity contribution in [2.75, 3.05) is 13.1 Å². The number of unbranched alkanes of at least 4 members (excludes halogenated alkanes) is 1. The van der Waals surface area contributed by atoms with Crippen molar-refractivity contribution in [3.05, 3.63) is 0 Å². The van der Waals surface area contributed by atoms with Gasteiger partial charge in [0.05, 0.1) is 5.92 Å². The molecule has 1 N–H and O–H groups in total. The fourth-order valence-corrected chi connectivity index (χ4v) is 2.60. The van der Waals surface area contributed by atoms with Crippen LogP contribution in [0.4, 0.5) is 0 Å². The van der Waals surface area contributed by atoms with Gasteiger partial charge in [0.2, 0.25) is 5.91 Å². The third-order valence-electron chi connectivity index (χ3n) is 3.74. The maximum Gasteiger partial charge on any atom is 0.306 e. The highest BCUT2D eigenvalue weighted by atomic mass is 35.5. The van der Waals surface area contributed by atoms with Gasteiger partial charge in [-0.3, -0.25) is 9.59 Å². The van der Waals surface area contributed by atoms with Crippen molar-refractivity contribution in [3.63, 3.8) is 0 Å². The zero-order chi connectivity index (χ0) is 12.8. The quantitative estimate of drug-likeness (QED) is 0.840. The molecule has 18 heavy (non-hydrogen) atoms. The smallest absolute Gasteiger partial charge is 0.306 e. The lowest BCUT2D eigenvalue weighted by atomic mass is 9.81. The number of aliphatic carboxylic acids is 1. The molecule has 1 aliphatic heterocycles. The van der Waals surface area contributed by atoms with Gasteiger partial charge in [-0.1, -0.05) is 19.8 Å². The van der Waals surface area contributed by atoms with Gasteiger partial charge in [0.15, 0.2) is 0 Å². The lowest BCUT2D eigenvalue weighted by Crippen LogP contribution is -2.40. The molecule has 0 spiro atoms. The van der Waals surface area contributed by atoms with Gasteiger partial charge < -0.3 is 10.0 Å². The van der Waals surface area contributed by atoms with E-state index in [-0.39, 0.29) is 30.2 Å². The summed E-state index contributed by atoms with van der Waals surface area (Å²) in [5.41, 5.74) is 0. The molecule has 0 bridgehead atoms. The molecule has 106 valence electrons. The van der Waals surface area contributed by atoms with Crippen LogP contribution in [0, 0.1) is 11.8 Å². The highest BCUT2D eigenvalue weighted by molar-refractivity contribution is 5.85. The number of piperidine rings is 1. The second kappa shape index (κ2) is 8.35. The number of likely N-dealkylation sites (tertiary alicyclic amines) is 1. The first-order valence-corrected chi connectivity index (χ1v) is 6.54. The number of carboxylic acids is 1. The SMILES string of the molecule is CCCCC(C(=O)O)C1CCN(C(C)=O)CC1.Cl. The van der Waals surface area contributed by atoms with E-state index in [1.807, 2.05) is 4.90 Å². The highest BCUT2D eigenvalue weighted by Gasteiger charge is 2.31. The Morgan fingerprint density at radius 3 is 2.28 bits per heavy atom. The number of hydrogen-bond donors (Lipinski definition) is 1. The van der Waals surface area contributed by atoms with E-state index in [2.05, 4.69) is 6.92 Å². The molecule has 1 heterocycles. The summed E-state index contributed by atoms with van der Waals surface area (Å²) in [5, 5.41) is 9.25. The van der Waals surface area contributed by atoms with Crippen LogP contribution in [0.3, 0.4) is 0 Å². The average molecular weight is 278 g/mol. The summed E-state index contributed by atoms with van der Waals surface area (Å²) >= 11 is 0. The van der Waals surface area contributed by atoms with Crippen molar-refractivity contribution in [1.29, 1.82) is 0 Å². The van der Waals surface area contributed by atoms with E-state index in [0.717, 1.165) is 45.2 Å². The molecule has 4 nitrogen and oxygen atoms in total. The summed E-state index contributed by atoms with van der Waals surface area (Å²) in [6.07, 6.45) is 4.46. The number of rotatable bonds is 5. The van der Waals surface area contributed by atoms with Crippen LogP contribution >= 0.6 is 12.4 Å². The molecule has 1 aliphatic rings. The van der Waals surface area contributed by atoms with Gasteiger partial charge in [-0.15, -0.1) is 12.4 Å². The topological polar surface area (TPSA) is 57.6 Å². The first-order chi connectivity index (χ1) is 8.06. The van der Waals surface area contributed by atoms with Gasteiger partial charge >= 0.3 is 5.97 Å². The van der Waals surface area contributed by atoms with Crippen LogP contribution < -0.4 is 0 Å². The van der Waals surface area contributed by atoms with Crippen molar-refractivity contribution in [1.82, 2.24) is 4.90 Å². The molecule has 1 amide bonds. The van der Waals surface area contributed by atoms with E-state index in [4.69, 9.17) is 0 Å². The number of hydrogen-bond acceptors (Lipinski definition) is 2. The number of carboxylic acid groups (broad SMARTS) is 1. The minimum absolute atomic E-state index is 0. The minimum atomic E-state index is -0.667. The normalized spacial score (nSPS) is 18.0. The number of carbonyl (C=O) groups excluding carboxylic acids is 1. The third kappa shape index (κ3) is 4.84. The van der Waals surface area contributed by atoms with Crippen LogP contribution in [0.15, 0.2) is 0 Å². The predicted molar refractivity (Wildman–Crippen MR) is 72.9 cm³/mol. The Morgan fingerprint density at radius 2 is 1.89 bits per heavy atom. The van der Waals surface area contributed by atoms with E-state index in [0.29, 0.717) is 0 Å². The molecule has 0 aromatic rings. The van der Waals surface area contributed by atoms with Gasteiger partial charge in [0.1, 0.15) is 0 Å².